The van der Waals surface area contributed by atoms with Crippen molar-refractivity contribution in [3.05, 3.63) is 113 Å². The van der Waals surface area contributed by atoms with Crippen molar-refractivity contribution in [3.8, 4) is 0 Å². The van der Waals surface area contributed by atoms with E-state index in [-0.39, 0.29) is 0 Å². The van der Waals surface area contributed by atoms with Gasteiger partial charge in [-0.2, -0.15) is 0 Å². The second-order valence-electron chi connectivity index (χ2n) is 6.74. The minimum atomic E-state index is -0.505. The van der Waals surface area contributed by atoms with Crippen LogP contribution in [0.4, 0.5) is 0 Å². The molecule has 1 atom stereocenters. The Bertz CT molecular complexity index is 1170. The summed E-state index contributed by atoms with van der Waals surface area (Å²) < 4.78 is 12.1. The van der Waals surface area contributed by atoms with Crippen LogP contribution in [0, 0.1) is 0 Å². The standard InChI is InChI=1S/C25H19NO2/c1-27-25-20-16-19-14-8-9-15-21(19)26-23(20)22(17-10-4-2-5-11-17)24(28-25)18-12-6-3-7-13-18/h2-16,25H,1H3. The molecular formula is C25H19NO2. The lowest BCUT2D eigenvalue weighted by molar-refractivity contribution is -0.0771. The number of methoxy groups -OCH3 is 1. The summed E-state index contributed by atoms with van der Waals surface area (Å²) in [7, 11) is 1.67. The third-order valence-electron chi connectivity index (χ3n) is 5.01. The Hall–Kier alpha value is -3.43. The van der Waals surface area contributed by atoms with Crippen LogP contribution in [0.2, 0.25) is 0 Å². The number of aromatic nitrogens is 1. The Morgan fingerprint density at radius 1 is 0.786 bits per heavy atom. The molecule has 3 nitrogen and oxygen atoms in total. The average molecular weight is 365 g/mol. The van der Waals surface area contributed by atoms with E-state index in [0.717, 1.165) is 44.6 Å². The van der Waals surface area contributed by atoms with Crippen molar-refractivity contribution >= 4 is 22.2 Å². The van der Waals surface area contributed by atoms with E-state index in [1.54, 1.807) is 7.11 Å². The van der Waals surface area contributed by atoms with E-state index in [9.17, 15) is 0 Å². The first-order chi connectivity index (χ1) is 13.8. The van der Waals surface area contributed by atoms with Crippen LogP contribution in [0.25, 0.3) is 22.2 Å². The molecule has 3 aromatic carbocycles. The van der Waals surface area contributed by atoms with Crippen molar-refractivity contribution < 1.29 is 9.47 Å². The number of rotatable bonds is 3. The fraction of sp³-hybridized carbons (Fsp3) is 0.0800. The first-order valence-corrected chi connectivity index (χ1v) is 9.30. The maximum atomic E-state index is 6.38. The van der Waals surface area contributed by atoms with Gasteiger partial charge in [0.05, 0.1) is 16.8 Å². The van der Waals surface area contributed by atoms with Crippen LogP contribution < -0.4 is 0 Å². The van der Waals surface area contributed by atoms with Crippen molar-refractivity contribution in [2.75, 3.05) is 7.11 Å². The van der Waals surface area contributed by atoms with Crippen LogP contribution in [0.15, 0.2) is 91.0 Å². The van der Waals surface area contributed by atoms with Crippen molar-refractivity contribution in [3.63, 3.8) is 0 Å². The monoisotopic (exact) mass is 365 g/mol. The zero-order valence-electron chi connectivity index (χ0n) is 15.5. The molecule has 1 aliphatic heterocycles. The molecular weight excluding hydrogens is 346 g/mol. The van der Waals surface area contributed by atoms with Crippen LogP contribution in [0.5, 0.6) is 0 Å². The molecule has 0 radical (unpaired) electrons. The van der Waals surface area contributed by atoms with Gasteiger partial charge < -0.3 is 9.47 Å². The molecule has 3 heteroatoms. The van der Waals surface area contributed by atoms with E-state index in [1.807, 2.05) is 54.6 Å². The highest BCUT2D eigenvalue weighted by Crippen LogP contribution is 2.44. The third-order valence-corrected chi connectivity index (χ3v) is 5.01. The van der Waals surface area contributed by atoms with Crippen molar-refractivity contribution in [1.29, 1.82) is 0 Å². The number of ether oxygens (including phenoxy) is 2. The minimum Gasteiger partial charge on any atom is -0.459 e. The van der Waals surface area contributed by atoms with Crippen LogP contribution in [0.3, 0.4) is 0 Å². The second-order valence-corrected chi connectivity index (χ2v) is 6.74. The summed E-state index contributed by atoms with van der Waals surface area (Å²) in [6.07, 6.45) is -0.505. The summed E-state index contributed by atoms with van der Waals surface area (Å²) in [6, 6.07) is 30.7. The van der Waals surface area contributed by atoms with Crippen LogP contribution in [-0.2, 0) is 9.47 Å². The van der Waals surface area contributed by atoms with Gasteiger partial charge in [-0.1, -0.05) is 78.9 Å². The highest BCUT2D eigenvalue weighted by atomic mass is 16.7. The highest BCUT2D eigenvalue weighted by Gasteiger charge is 2.31. The van der Waals surface area contributed by atoms with E-state index in [4.69, 9.17) is 14.5 Å². The number of pyridine rings is 1. The molecule has 0 amide bonds. The Labute approximate surface area is 163 Å². The van der Waals surface area contributed by atoms with Gasteiger partial charge in [0.15, 0.2) is 0 Å². The Morgan fingerprint density at radius 3 is 2.14 bits per heavy atom. The molecule has 28 heavy (non-hydrogen) atoms. The fourth-order valence-electron chi connectivity index (χ4n) is 3.70. The molecule has 4 aromatic rings. The first kappa shape index (κ1) is 16.7. The highest BCUT2D eigenvalue weighted by molar-refractivity contribution is 5.98. The van der Waals surface area contributed by atoms with Crippen LogP contribution in [0.1, 0.15) is 28.7 Å². The topological polar surface area (TPSA) is 31.4 Å². The van der Waals surface area contributed by atoms with Gasteiger partial charge in [0.1, 0.15) is 5.76 Å². The summed E-state index contributed by atoms with van der Waals surface area (Å²) in [4.78, 5) is 5.03. The summed E-state index contributed by atoms with van der Waals surface area (Å²) in [5.41, 5.74) is 5.87. The summed E-state index contributed by atoms with van der Waals surface area (Å²) >= 11 is 0. The predicted molar refractivity (Wildman–Crippen MR) is 111 cm³/mol. The molecule has 0 bridgehead atoms. The molecule has 0 saturated heterocycles. The van der Waals surface area contributed by atoms with Gasteiger partial charge in [-0.25, -0.2) is 4.98 Å². The first-order valence-electron chi connectivity index (χ1n) is 9.30. The van der Waals surface area contributed by atoms with E-state index >= 15 is 0 Å². The molecule has 2 heterocycles. The molecule has 1 unspecified atom stereocenters. The maximum Gasteiger partial charge on any atom is 0.228 e. The number of para-hydroxylation sites is 1. The van der Waals surface area contributed by atoms with E-state index < -0.39 is 6.29 Å². The largest absolute Gasteiger partial charge is 0.459 e. The van der Waals surface area contributed by atoms with Crippen molar-refractivity contribution in [2.45, 2.75) is 6.29 Å². The molecule has 136 valence electrons. The number of benzene rings is 3. The van der Waals surface area contributed by atoms with Gasteiger partial charge in [-0.15, -0.1) is 0 Å². The average Bonchev–Trinajstić information content (AvgIpc) is 2.78. The normalized spacial score (nSPS) is 16.0. The molecule has 1 aromatic heterocycles. The molecule has 0 saturated carbocycles. The quantitative estimate of drug-likeness (QED) is 0.458. The smallest absolute Gasteiger partial charge is 0.228 e. The van der Waals surface area contributed by atoms with Gasteiger partial charge >= 0.3 is 0 Å². The van der Waals surface area contributed by atoms with Crippen LogP contribution in [-0.4, -0.2) is 12.1 Å². The summed E-state index contributed by atoms with van der Waals surface area (Å²) in [5, 5.41) is 1.07. The fourth-order valence-corrected chi connectivity index (χ4v) is 3.70. The van der Waals surface area contributed by atoms with Crippen molar-refractivity contribution in [2.24, 2.45) is 0 Å². The zero-order chi connectivity index (χ0) is 18.9. The number of hydrogen-bond acceptors (Lipinski definition) is 3. The van der Waals surface area contributed by atoms with Crippen LogP contribution >= 0.6 is 0 Å². The Morgan fingerprint density at radius 2 is 1.43 bits per heavy atom. The zero-order valence-corrected chi connectivity index (χ0v) is 15.5. The van der Waals surface area contributed by atoms with Crippen molar-refractivity contribution in [1.82, 2.24) is 4.98 Å². The van der Waals surface area contributed by atoms with Gasteiger partial charge in [0, 0.05) is 23.6 Å². The molecule has 0 fully saturated rings. The van der Waals surface area contributed by atoms with Gasteiger partial charge in [-0.05, 0) is 17.7 Å². The van der Waals surface area contributed by atoms with E-state index in [0.29, 0.717) is 0 Å². The van der Waals surface area contributed by atoms with Gasteiger partial charge in [0.25, 0.3) is 0 Å². The second kappa shape index (κ2) is 6.95. The number of hydrogen-bond donors (Lipinski definition) is 0. The number of fused-ring (bicyclic) bond motifs is 2. The predicted octanol–water partition coefficient (Wildman–Crippen LogP) is 5.83. The molecule has 5 rings (SSSR count). The van der Waals surface area contributed by atoms with Gasteiger partial charge in [-0.3, -0.25) is 0 Å². The molecule has 0 N–H and O–H groups in total. The number of nitrogens with zero attached hydrogens (tertiary/aromatic N) is 1. The lowest BCUT2D eigenvalue weighted by Gasteiger charge is -2.30. The summed E-state index contributed by atoms with van der Waals surface area (Å²) in [5.74, 6) is 0.786. The van der Waals surface area contributed by atoms with Gasteiger partial charge in [0.2, 0.25) is 6.29 Å². The lowest BCUT2D eigenvalue weighted by Crippen LogP contribution is -2.17. The molecule has 0 spiro atoms. The SMILES string of the molecule is COC1OC(c2ccccc2)=C(c2ccccc2)c2nc3ccccc3cc21. The maximum absolute atomic E-state index is 6.38. The van der Waals surface area contributed by atoms with E-state index in [2.05, 4.69) is 36.4 Å². The Balaban J connectivity index is 1.86. The van der Waals surface area contributed by atoms with E-state index in [1.165, 1.54) is 0 Å². The Kier molecular flexibility index (Phi) is 4.15. The molecule has 1 aliphatic rings. The minimum absolute atomic E-state index is 0.505. The summed E-state index contributed by atoms with van der Waals surface area (Å²) in [6.45, 7) is 0. The molecule has 0 aliphatic carbocycles. The third kappa shape index (κ3) is 2.77. The lowest BCUT2D eigenvalue weighted by atomic mass is 9.92.